The van der Waals surface area contributed by atoms with Crippen LogP contribution in [0.25, 0.3) is 0 Å². The second-order valence-electron chi connectivity index (χ2n) is 4.60. The van der Waals surface area contributed by atoms with Crippen molar-refractivity contribution in [3.63, 3.8) is 0 Å². The number of hydrogen-bond donors (Lipinski definition) is 2. The first kappa shape index (κ1) is 14.9. The van der Waals surface area contributed by atoms with E-state index in [9.17, 15) is 9.59 Å². The molecule has 0 aromatic heterocycles. The third-order valence-electron chi connectivity index (χ3n) is 3.17. The highest BCUT2D eigenvalue weighted by Gasteiger charge is 2.27. The third-order valence-corrected chi connectivity index (χ3v) is 3.17. The minimum Gasteiger partial charge on any atom is -0.383 e. The number of ether oxygens (including phenoxy) is 1. The van der Waals surface area contributed by atoms with Crippen molar-refractivity contribution in [2.45, 2.75) is 31.7 Å². The fourth-order valence-electron chi connectivity index (χ4n) is 2.28. The lowest BCUT2D eigenvalue weighted by molar-refractivity contribution is -0.136. The lowest BCUT2D eigenvalue weighted by atomic mass is 10.2. The van der Waals surface area contributed by atoms with Crippen molar-refractivity contribution in [2.75, 3.05) is 33.4 Å². The van der Waals surface area contributed by atoms with E-state index in [1.165, 1.54) is 0 Å². The summed E-state index contributed by atoms with van der Waals surface area (Å²) in [5, 5.41) is 2.99. The molecule has 0 saturated heterocycles. The summed E-state index contributed by atoms with van der Waals surface area (Å²) in [6, 6.07) is 0.175. The molecule has 1 aliphatic rings. The number of carbonyl (C=O) groups is 2. The Morgan fingerprint density at radius 3 is 2.61 bits per heavy atom. The Labute approximate surface area is 108 Å². The maximum absolute atomic E-state index is 12.0. The molecule has 0 bridgehead atoms. The molecule has 0 spiro atoms. The first-order chi connectivity index (χ1) is 8.65. The Balaban J connectivity index is 2.42. The van der Waals surface area contributed by atoms with Crippen molar-refractivity contribution in [3.8, 4) is 0 Å². The van der Waals surface area contributed by atoms with E-state index in [4.69, 9.17) is 10.5 Å². The third kappa shape index (κ3) is 5.01. The van der Waals surface area contributed by atoms with E-state index < -0.39 is 5.91 Å². The fraction of sp³-hybridized carbons (Fsp3) is 0.833. The van der Waals surface area contributed by atoms with Crippen molar-refractivity contribution >= 4 is 11.8 Å². The second kappa shape index (κ2) is 8.05. The maximum atomic E-state index is 12.0. The summed E-state index contributed by atoms with van der Waals surface area (Å²) in [4.78, 5) is 24.7. The van der Waals surface area contributed by atoms with E-state index >= 15 is 0 Å². The highest BCUT2D eigenvalue weighted by atomic mass is 16.5. The highest BCUT2D eigenvalue weighted by Crippen LogP contribution is 2.23. The summed E-state index contributed by atoms with van der Waals surface area (Å²) in [5.41, 5.74) is 5.20. The summed E-state index contributed by atoms with van der Waals surface area (Å²) in [5.74, 6) is -0.510. The lowest BCUT2D eigenvalue weighted by Crippen LogP contribution is -2.47. The van der Waals surface area contributed by atoms with Gasteiger partial charge in [-0.25, -0.2) is 0 Å². The summed E-state index contributed by atoms with van der Waals surface area (Å²) in [7, 11) is 1.61. The number of nitrogens with two attached hydrogens (primary N) is 1. The van der Waals surface area contributed by atoms with Gasteiger partial charge >= 0.3 is 0 Å². The van der Waals surface area contributed by atoms with E-state index in [2.05, 4.69) is 5.32 Å². The number of nitrogens with zero attached hydrogens (tertiary/aromatic N) is 1. The van der Waals surface area contributed by atoms with Gasteiger partial charge in [-0.1, -0.05) is 12.8 Å². The van der Waals surface area contributed by atoms with Crippen LogP contribution in [0.4, 0.5) is 0 Å². The van der Waals surface area contributed by atoms with Crippen LogP contribution in [0.5, 0.6) is 0 Å². The topological polar surface area (TPSA) is 84.7 Å². The van der Waals surface area contributed by atoms with Crippen molar-refractivity contribution in [1.82, 2.24) is 10.2 Å². The van der Waals surface area contributed by atoms with Crippen LogP contribution in [-0.2, 0) is 14.3 Å². The zero-order valence-electron chi connectivity index (χ0n) is 11.0. The predicted molar refractivity (Wildman–Crippen MR) is 67.9 cm³/mol. The Morgan fingerprint density at radius 2 is 2.06 bits per heavy atom. The standard InChI is InChI=1S/C12H23N3O3/c1-18-7-6-14-8-12(17)15(9-11(13)16)10-4-2-3-5-10/h10,14H,2-9H2,1H3,(H2,13,16). The van der Waals surface area contributed by atoms with Crippen LogP contribution in [0, 0.1) is 0 Å². The van der Waals surface area contributed by atoms with Crippen LogP contribution >= 0.6 is 0 Å². The molecule has 6 nitrogen and oxygen atoms in total. The van der Waals surface area contributed by atoms with E-state index in [0.29, 0.717) is 13.2 Å². The molecule has 18 heavy (non-hydrogen) atoms. The first-order valence-corrected chi connectivity index (χ1v) is 6.42. The summed E-state index contributed by atoms with van der Waals surface area (Å²) < 4.78 is 4.89. The van der Waals surface area contributed by atoms with Crippen LogP contribution in [0.1, 0.15) is 25.7 Å². The van der Waals surface area contributed by atoms with Gasteiger partial charge < -0.3 is 20.7 Å². The molecule has 3 N–H and O–H groups in total. The van der Waals surface area contributed by atoms with Gasteiger partial charge in [-0.05, 0) is 12.8 Å². The number of methoxy groups -OCH3 is 1. The molecule has 0 radical (unpaired) electrons. The van der Waals surface area contributed by atoms with Crippen LogP contribution in [0.15, 0.2) is 0 Å². The number of amides is 2. The van der Waals surface area contributed by atoms with Crippen LogP contribution in [0.3, 0.4) is 0 Å². The second-order valence-corrected chi connectivity index (χ2v) is 4.60. The molecule has 0 aliphatic heterocycles. The predicted octanol–water partition coefficient (Wildman–Crippen LogP) is -0.521. The maximum Gasteiger partial charge on any atom is 0.237 e. The van der Waals surface area contributed by atoms with Gasteiger partial charge in [-0.2, -0.15) is 0 Å². The molecule has 6 heteroatoms. The van der Waals surface area contributed by atoms with Gasteiger partial charge in [0.05, 0.1) is 19.7 Å². The lowest BCUT2D eigenvalue weighted by Gasteiger charge is -2.27. The monoisotopic (exact) mass is 257 g/mol. The fourth-order valence-corrected chi connectivity index (χ4v) is 2.28. The summed E-state index contributed by atoms with van der Waals surface area (Å²) in [6.45, 7) is 1.44. The van der Waals surface area contributed by atoms with Gasteiger partial charge in [0.1, 0.15) is 0 Å². The number of nitrogens with one attached hydrogen (secondary N) is 1. The molecule has 0 aromatic rings. The Morgan fingerprint density at radius 1 is 1.39 bits per heavy atom. The summed E-state index contributed by atoms with van der Waals surface area (Å²) >= 11 is 0. The van der Waals surface area contributed by atoms with E-state index in [1.807, 2.05) is 0 Å². The van der Waals surface area contributed by atoms with Gasteiger partial charge in [0.2, 0.25) is 11.8 Å². The van der Waals surface area contributed by atoms with Crippen LogP contribution in [-0.4, -0.2) is 56.1 Å². The zero-order valence-corrected chi connectivity index (χ0v) is 11.0. The average Bonchev–Trinajstić information content (AvgIpc) is 2.84. The molecular weight excluding hydrogens is 234 g/mol. The van der Waals surface area contributed by atoms with Crippen LogP contribution in [0.2, 0.25) is 0 Å². The van der Waals surface area contributed by atoms with Gasteiger partial charge in [0.15, 0.2) is 0 Å². The van der Waals surface area contributed by atoms with Crippen molar-refractivity contribution in [2.24, 2.45) is 5.73 Å². The Kier molecular flexibility index (Phi) is 6.67. The molecule has 2 amide bonds. The summed E-state index contributed by atoms with van der Waals surface area (Å²) in [6.07, 6.45) is 4.17. The van der Waals surface area contributed by atoms with E-state index in [-0.39, 0.29) is 25.0 Å². The van der Waals surface area contributed by atoms with Crippen molar-refractivity contribution in [1.29, 1.82) is 0 Å². The molecule has 1 rings (SSSR count). The van der Waals surface area contributed by atoms with E-state index in [0.717, 1.165) is 25.7 Å². The van der Waals surface area contributed by atoms with Gasteiger partial charge in [0, 0.05) is 19.7 Å². The van der Waals surface area contributed by atoms with Crippen molar-refractivity contribution < 1.29 is 14.3 Å². The molecule has 1 saturated carbocycles. The molecular formula is C12H23N3O3. The normalized spacial score (nSPS) is 15.8. The van der Waals surface area contributed by atoms with Gasteiger partial charge in [-0.3, -0.25) is 9.59 Å². The Bertz CT molecular complexity index is 278. The largest absolute Gasteiger partial charge is 0.383 e. The minimum absolute atomic E-state index is 0.0233. The van der Waals surface area contributed by atoms with Crippen LogP contribution < -0.4 is 11.1 Å². The van der Waals surface area contributed by atoms with Gasteiger partial charge in [-0.15, -0.1) is 0 Å². The first-order valence-electron chi connectivity index (χ1n) is 6.42. The number of rotatable bonds is 8. The number of primary amides is 1. The molecule has 0 atom stereocenters. The van der Waals surface area contributed by atoms with E-state index in [1.54, 1.807) is 12.0 Å². The molecule has 1 fully saturated rings. The zero-order chi connectivity index (χ0) is 13.4. The molecule has 104 valence electrons. The molecule has 0 unspecified atom stereocenters. The van der Waals surface area contributed by atoms with Crippen molar-refractivity contribution in [3.05, 3.63) is 0 Å². The molecule has 0 heterocycles. The van der Waals surface area contributed by atoms with Gasteiger partial charge in [0.25, 0.3) is 0 Å². The number of hydrogen-bond acceptors (Lipinski definition) is 4. The minimum atomic E-state index is -0.452. The molecule has 1 aliphatic carbocycles. The average molecular weight is 257 g/mol. The number of carbonyl (C=O) groups excluding carboxylic acids is 2. The molecule has 0 aromatic carbocycles. The Hall–Kier alpha value is -1.14. The SMILES string of the molecule is COCCNCC(=O)N(CC(N)=O)C1CCCC1. The highest BCUT2D eigenvalue weighted by molar-refractivity contribution is 5.85. The smallest absolute Gasteiger partial charge is 0.237 e. The quantitative estimate of drug-likeness (QED) is 0.573.